The first-order chi connectivity index (χ1) is 10.1. The third kappa shape index (κ3) is 8.29. The molecule has 2 aromatic rings. The van der Waals surface area contributed by atoms with Gasteiger partial charge in [0.2, 0.25) is 0 Å². The van der Waals surface area contributed by atoms with Crippen LogP contribution in [0.5, 0.6) is 0 Å². The van der Waals surface area contributed by atoms with Gasteiger partial charge in [0, 0.05) is 23.3 Å². The van der Waals surface area contributed by atoms with Gasteiger partial charge in [0.05, 0.1) is 0 Å². The van der Waals surface area contributed by atoms with E-state index in [9.17, 15) is 0 Å². The molecule has 2 aromatic heterocycles. The van der Waals surface area contributed by atoms with E-state index in [4.69, 9.17) is 4.52 Å². The molecule has 5 nitrogen and oxygen atoms in total. The van der Waals surface area contributed by atoms with Crippen LogP contribution in [0.4, 0.5) is 11.6 Å². The number of pyridine rings is 1. The summed E-state index contributed by atoms with van der Waals surface area (Å²) in [7, 11) is 0. The number of rotatable bonds is 2. The van der Waals surface area contributed by atoms with Crippen LogP contribution in [0.25, 0.3) is 0 Å². The molecule has 22 heavy (non-hydrogen) atoms. The Hall–Kier alpha value is -2.04. The molecule has 0 atom stereocenters. The third-order valence-electron chi connectivity index (χ3n) is 2.30. The van der Waals surface area contributed by atoms with Gasteiger partial charge in [-0.15, -0.1) is 0 Å². The first kappa shape index (κ1) is 18.0. The van der Waals surface area contributed by atoms with Crippen molar-refractivity contribution >= 4 is 11.6 Å². The summed E-state index contributed by atoms with van der Waals surface area (Å²) in [5.74, 6) is 2.56. The third-order valence-corrected chi connectivity index (χ3v) is 2.30. The van der Waals surface area contributed by atoms with Gasteiger partial charge in [-0.05, 0) is 60.6 Å². The van der Waals surface area contributed by atoms with Crippen molar-refractivity contribution < 1.29 is 4.52 Å². The summed E-state index contributed by atoms with van der Waals surface area (Å²) in [6, 6.07) is 7.73. The molecule has 2 N–H and O–H groups in total. The van der Waals surface area contributed by atoms with E-state index in [1.807, 2.05) is 31.2 Å². The van der Waals surface area contributed by atoms with E-state index in [2.05, 4.69) is 62.3 Å². The molecular weight excluding hydrogens is 276 g/mol. The lowest BCUT2D eigenvalue weighted by Crippen LogP contribution is -2.26. The van der Waals surface area contributed by atoms with Crippen molar-refractivity contribution in [2.24, 2.45) is 0 Å². The van der Waals surface area contributed by atoms with E-state index in [-0.39, 0.29) is 11.1 Å². The van der Waals surface area contributed by atoms with Crippen molar-refractivity contribution in [3.63, 3.8) is 0 Å². The molecule has 0 spiro atoms. The van der Waals surface area contributed by atoms with Crippen molar-refractivity contribution in [2.45, 2.75) is 59.5 Å². The topological polar surface area (TPSA) is 63.0 Å². The molecule has 0 amide bonds. The molecule has 5 heteroatoms. The van der Waals surface area contributed by atoms with Crippen LogP contribution < -0.4 is 10.6 Å². The molecule has 0 aliphatic heterocycles. The zero-order chi connectivity index (χ0) is 16.8. The van der Waals surface area contributed by atoms with Crippen LogP contribution in [0.2, 0.25) is 0 Å². The van der Waals surface area contributed by atoms with Gasteiger partial charge in [0.15, 0.2) is 5.82 Å². The molecule has 0 saturated carbocycles. The number of hydrogen-bond donors (Lipinski definition) is 2. The molecular formula is C17H28N4O. The van der Waals surface area contributed by atoms with Crippen LogP contribution in [-0.2, 0) is 0 Å². The highest BCUT2D eigenvalue weighted by Gasteiger charge is 2.11. The summed E-state index contributed by atoms with van der Waals surface area (Å²) in [5, 5.41) is 10.3. The summed E-state index contributed by atoms with van der Waals surface area (Å²) in [5.41, 5.74) is 0.137. The predicted molar refractivity (Wildman–Crippen MR) is 92.2 cm³/mol. The number of aromatic nitrogens is 2. The van der Waals surface area contributed by atoms with E-state index in [1.165, 1.54) is 0 Å². The number of hydrogen-bond acceptors (Lipinski definition) is 5. The molecule has 0 aliphatic rings. The number of nitrogens with zero attached hydrogens (tertiary/aromatic N) is 2. The van der Waals surface area contributed by atoms with Crippen molar-refractivity contribution in [3.05, 3.63) is 36.2 Å². The van der Waals surface area contributed by atoms with Gasteiger partial charge >= 0.3 is 0 Å². The van der Waals surface area contributed by atoms with Gasteiger partial charge in [-0.2, -0.15) is 0 Å². The fourth-order valence-corrected chi connectivity index (χ4v) is 1.63. The Kier molecular flexibility index (Phi) is 5.97. The lowest BCUT2D eigenvalue weighted by Gasteiger charge is -2.20. The molecule has 0 saturated heterocycles. The van der Waals surface area contributed by atoms with Crippen LogP contribution in [-0.4, -0.2) is 21.2 Å². The van der Waals surface area contributed by atoms with E-state index in [0.29, 0.717) is 0 Å². The molecule has 0 aromatic carbocycles. The maximum Gasteiger partial charge on any atom is 0.170 e. The Morgan fingerprint density at radius 3 is 1.91 bits per heavy atom. The lowest BCUT2D eigenvalue weighted by atomic mass is 10.1. The predicted octanol–water partition coefficient (Wildman–Crippen LogP) is 4.49. The first-order valence-electron chi connectivity index (χ1n) is 7.46. The van der Waals surface area contributed by atoms with E-state index in [0.717, 1.165) is 17.4 Å². The molecule has 0 unspecified atom stereocenters. The Balaban J connectivity index is 0.000000220. The minimum absolute atomic E-state index is 0.0450. The van der Waals surface area contributed by atoms with Gasteiger partial charge < -0.3 is 15.2 Å². The van der Waals surface area contributed by atoms with E-state index >= 15 is 0 Å². The minimum Gasteiger partial charge on any atom is -0.365 e. The number of anilines is 2. The van der Waals surface area contributed by atoms with E-state index < -0.39 is 0 Å². The summed E-state index contributed by atoms with van der Waals surface area (Å²) in [4.78, 5) is 4.15. The summed E-state index contributed by atoms with van der Waals surface area (Å²) in [6.07, 6.45) is 1.79. The zero-order valence-electron chi connectivity index (χ0n) is 14.7. The van der Waals surface area contributed by atoms with Crippen LogP contribution in [0.1, 0.15) is 47.3 Å². The second kappa shape index (κ2) is 7.29. The Labute approximate surface area is 133 Å². The standard InChI is InChI=1S/C9H14N2.C8H14N2O/c1-9(2,3)11-8-6-4-5-7-10-8;1-6-5-7(10-11-6)9-8(2,3)4/h4-7H,1-3H3,(H,10,11);5H,1-4H3,(H,9,10). The smallest absolute Gasteiger partial charge is 0.170 e. The largest absolute Gasteiger partial charge is 0.365 e. The van der Waals surface area contributed by atoms with Crippen molar-refractivity contribution in [3.8, 4) is 0 Å². The van der Waals surface area contributed by atoms with Crippen LogP contribution in [0.15, 0.2) is 35.0 Å². The van der Waals surface area contributed by atoms with Gasteiger partial charge in [0.1, 0.15) is 11.6 Å². The van der Waals surface area contributed by atoms with Gasteiger partial charge in [-0.3, -0.25) is 0 Å². The van der Waals surface area contributed by atoms with Crippen molar-refractivity contribution in [1.29, 1.82) is 0 Å². The summed E-state index contributed by atoms with van der Waals surface area (Å²) in [6.45, 7) is 14.5. The Bertz CT molecular complexity index is 550. The molecule has 2 heterocycles. The molecule has 0 bridgehead atoms. The molecule has 2 rings (SSSR count). The average molecular weight is 304 g/mol. The Morgan fingerprint density at radius 1 is 0.909 bits per heavy atom. The summed E-state index contributed by atoms with van der Waals surface area (Å²) >= 11 is 0. The van der Waals surface area contributed by atoms with Gasteiger partial charge in [0.25, 0.3) is 0 Å². The normalized spacial score (nSPS) is 11.4. The molecule has 0 radical (unpaired) electrons. The SMILES string of the molecule is CC(C)(C)Nc1ccccn1.Cc1cc(NC(C)(C)C)no1. The number of nitrogens with one attached hydrogen (secondary N) is 2. The van der Waals surface area contributed by atoms with Crippen LogP contribution >= 0.6 is 0 Å². The molecule has 122 valence electrons. The molecule has 0 aliphatic carbocycles. The zero-order valence-corrected chi connectivity index (χ0v) is 14.7. The van der Waals surface area contributed by atoms with Crippen LogP contribution in [0, 0.1) is 6.92 Å². The lowest BCUT2D eigenvalue weighted by molar-refractivity contribution is 0.398. The van der Waals surface area contributed by atoms with Crippen molar-refractivity contribution in [2.75, 3.05) is 10.6 Å². The quantitative estimate of drug-likeness (QED) is 0.856. The maximum absolute atomic E-state index is 4.90. The second-order valence-electron chi connectivity index (χ2n) is 7.29. The maximum atomic E-state index is 4.90. The van der Waals surface area contributed by atoms with Crippen LogP contribution in [0.3, 0.4) is 0 Å². The fraction of sp³-hybridized carbons (Fsp3) is 0.529. The highest BCUT2D eigenvalue weighted by atomic mass is 16.5. The highest BCUT2D eigenvalue weighted by Crippen LogP contribution is 2.13. The fourth-order valence-electron chi connectivity index (χ4n) is 1.63. The highest BCUT2D eigenvalue weighted by molar-refractivity contribution is 5.36. The monoisotopic (exact) mass is 304 g/mol. The van der Waals surface area contributed by atoms with E-state index in [1.54, 1.807) is 6.20 Å². The Morgan fingerprint density at radius 2 is 1.50 bits per heavy atom. The first-order valence-corrected chi connectivity index (χ1v) is 7.46. The molecule has 0 fully saturated rings. The van der Waals surface area contributed by atoms with Gasteiger partial charge in [-0.1, -0.05) is 11.2 Å². The van der Waals surface area contributed by atoms with Gasteiger partial charge in [-0.25, -0.2) is 4.98 Å². The second-order valence-corrected chi connectivity index (χ2v) is 7.29. The average Bonchev–Trinajstić information content (AvgIpc) is 2.72. The van der Waals surface area contributed by atoms with Crippen molar-refractivity contribution in [1.82, 2.24) is 10.1 Å². The number of aryl methyl sites for hydroxylation is 1. The minimum atomic E-state index is 0.0450. The summed E-state index contributed by atoms with van der Waals surface area (Å²) < 4.78 is 4.90.